The Hall–Kier alpha value is -1.23. The lowest BCUT2D eigenvalue weighted by Crippen LogP contribution is -2.29. The largest absolute Gasteiger partial charge is 0.329 e. The number of sulfonamides is 2. The molecule has 120 valence electrons. The van der Waals surface area contributed by atoms with Gasteiger partial charge in [-0.05, 0) is 24.6 Å². The van der Waals surface area contributed by atoms with Gasteiger partial charge < -0.3 is 5.73 Å². The summed E-state index contributed by atoms with van der Waals surface area (Å²) in [5.74, 6) is -1.12. The Bertz CT molecular complexity index is 689. The van der Waals surface area contributed by atoms with Crippen LogP contribution in [0.5, 0.6) is 0 Å². The van der Waals surface area contributed by atoms with Crippen LogP contribution in [0, 0.1) is 5.82 Å². The summed E-state index contributed by atoms with van der Waals surface area (Å²) in [5, 5.41) is 0. The molecule has 0 fully saturated rings. The van der Waals surface area contributed by atoms with Crippen molar-refractivity contribution in [3.8, 4) is 0 Å². The van der Waals surface area contributed by atoms with Crippen LogP contribution in [0.3, 0.4) is 0 Å². The van der Waals surface area contributed by atoms with Gasteiger partial charge in [0.1, 0.15) is 5.82 Å². The van der Waals surface area contributed by atoms with Crippen molar-refractivity contribution in [3.05, 3.63) is 24.0 Å². The molecule has 10 heteroatoms. The van der Waals surface area contributed by atoms with Crippen LogP contribution in [-0.2, 0) is 20.0 Å². The third-order valence-corrected chi connectivity index (χ3v) is 5.36. The molecule has 4 N–H and O–H groups in total. The molecule has 1 aromatic carbocycles. The highest BCUT2D eigenvalue weighted by Crippen LogP contribution is 2.20. The first-order chi connectivity index (χ1) is 9.72. The van der Waals surface area contributed by atoms with E-state index in [1.807, 2.05) is 0 Å². The van der Waals surface area contributed by atoms with Gasteiger partial charge in [0, 0.05) is 13.1 Å². The fourth-order valence-electron chi connectivity index (χ4n) is 1.51. The lowest BCUT2D eigenvalue weighted by atomic mass is 10.3. The molecule has 0 spiro atoms. The van der Waals surface area contributed by atoms with E-state index in [9.17, 15) is 21.2 Å². The van der Waals surface area contributed by atoms with Crippen LogP contribution in [0.2, 0.25) is 0 Å². The molecule has 0 aromatic heterocycles. The van der Waals surface area contributed by atoms with E-state index in [4.69, 9.17) is 5.73 Å². The third-order valence-electron chi connectivity index (χ3n) is 2.43. The molecule has 0 unspecified atom stereocenters. The van der Waals surface area contributed by atoms with Crippen LogP contribution in [0.15, 0.2) is 23.1 Å². The molecular formula is C11H18FN3O4S2. The maximum absolute atomic E-state index is 13.8. The van der Waals surface area contributed by atoms with E-state index in [1.165, 1.54) is 0 Å². The molecule has 0 aliphatic carbocycles. The molecule has 0 saturated carbocycles. The van der Waals surface area contributed by atoms with E-state index in [0.717, 1.165) is 18.2 Å². The average Bonchev–Trinajstić information content (AvgIpc) is 2.38. The first kappa shape index (κ1) is 17.8. The van der Waals surface area contributed by atoms with Gasteiger partial charge in [0.2, 0.25) is 20.0 Å². The van der Waals surface area contributed by atoms with Gasteiger partial charge in [-0.1, -0.05) is 6.92 Å². The van der Waals surface area contributed by atoms with Crippen molar-refractivity contribution in [2.75, 3.05) is 23.6 Å². The summed E-state index contributed by atoms with van der Waals surface area (Å²) in [6, 6.07) is 2.94. The Labute approximate surface area is 123 Å². The van der Waals surface area contributed by atoms with Gasteiger partial charge >= 0.3 is 0 Å². The molecule has 0 saturated heterocycles. The number of halogens is 1. The van der Waals surface area contributed by atoms with Gasteiger partial charge in [-0.2, -0.15) is 0 Å². The minimum atomic E-state index is -3.86. The van der Waals surface area contributed by atoms with Crippen molar-refractivity contribution in [2.45, 2.75) is 18.2 Å². The Kier molecular flexibility index (Phi) is 6.08. The second-order valence-corrected chi connectivity index (χ2v) is 7.86. The zero-order valence-electron chi connectivity index (χ0n) is 11.5. The van der Waals surface area contributed by atoms with Crippen molar-refractivity contribution in [3.63, 3.8) is 0 Å². The minimum absolute atomic E-state index is 0.0227. The number of rotatable bonds is 8. The molecule has 0 radical (unpaired) electrons. The van der Waals surface area contributed by atoms with Crippen molar-refractivity contribution >= 4 is 25.7 Å². The van der Waals surface area contributed by atoms with Crippen LogP contribution >= 0.6 is 0 Å². The van der Waals surface area contributed by atoms with E-state index in [1.54, 1.807) is 6.92 Å². The number of hydrogen-bond donors (Lipinski definition) is 3. The molecule has 1 rings (SSSR count). The summed E-state index contributed by atoms with van der Waals surface area (Å²) in [5.41, 5.74) is 4.90. The summed E-state index contributed by atoms with van der Waals surface area (Å²) in [7, 11) is -7.50. The van der Waals surface area contributed by atoms with Gasteiger partial charge in [0.05, 0.1) is 16.3 Å². The van der Waals surface area contributed by atoms with Gasteiger partial charge in [0.15, 0.2) is 0 Å². The third kappa shape index (κ3) is 5.23. The maximum Gasteiger partial charge on any atom is 0.240 e. The standard InChI is InChI=1S/C11H18FN3O4S2/c1-2-7-20(16,17)15-11-4-3-9(8-10(11)12)21(18,19)14-6-5-13/h3-4,8,14-15H,2,5-7,13H2,1H3. The molecule has 0 heterocycles. The molecule has 0 aliphatic rings. The Morgan fingerprint density at radius 1 is 1.24 bits per heavy atom. The highest BCUT2D eigenvalue weighted by molar-refractivity contribution is 7.92. The Morgan fingerprint density at radius 3 is 2.43 bits per heavy atom. The summed E-state index contributed by atoms with van der Waals surface area (Å²) >= 11 is 0. The van der Waals surface area contributed by atoms with E-state index >= 15 is 0 Å². The lowest BCUT2D eigenvalue weighted by Gasteiger charge is -2.10. The van der Waals surface area contributed by atoms with Crippen LogP contribution in [-0.4, -0.2) is 35.7 Å². The average molecular weight is 339 g/mol. The van der Waals surface area contributed by atoms with E-state index in [0.29, 0.717) is 6.42 Å². The Morgan fingerprint density at radius 2 is 1.90 bits per heavy atom. The highest BCUT2D eigenvalue weighted by atomic mass is 32.2. The molecule has 7 nitrogen and oxygen atoms in total. The van der Waals surface area contributed by atoms with Crippen LogP contribution < -0.4 is 15.2 Å². The highest BCUT2D eigenvalue weighted by Gasteiger charge is 2.17. The predicted octanol–water partition coefficient (Wildman–Crippen LogP) is 0.214. The zero-order valence-corrected chi connectivity index (χ0v) is 13.1. The number of benzene rings is 1. The van der Waals surface area contributed by atoms with Crippen molar-refractivity contribution < 1.29 is 21.2 Å². The smallest absolute Gasteiger partial charge is 0.240 e. The quantitative estimate of drug-likeness (QED) is 0.626. The van der Waals surface area contributed by atoms with Gasteiger partial charge in [0.25, 0.3) is 0 Å². The minimum Gasteiger partial charge on any atom is -0.329 e. The number of nitrogens with two attached hydrogens (primary N) is 1. The van der Waals surface area contributed by atoms with Crippen molar-refractivity contribution in [1.82, 2.24) is 4.72 Å². The van der Waals surface area contributed by atoms with E-state index in [2.05, 4.69) is 9.44 Å². The molecule has 0 aliphatic heterocycles. The molecule has 0 bridgehead atoms. The van der Waals surface area contributed by atoms with Gasteiger partial charge in [-0.15, -0.1) is 0 Å². The second-order valence-electron chi connectivity index (χ2n) is 4.25. The van der Waals surface area contributed by atoms with Gasteiger partial charge in [-0.3, -0.25) is 4.72 Å². The summed E-state index contributed by atoms with van der Waals surface area (Å²) in [4.78, 5) is -0.299. The normalized spacial score (nSPS) is 12.3. The summed E-state index contributed by atoms with van der Waals surface area (Å²) < 4.78 is 64.7. The fraction of sp³-hybridized carbons (Fsp3) is 0.455. The lowest BCUT2D eigenvalue weighted by molar-refractivity contribution is 0.578. The first-order valence-electron chi connectivity index (χ1n) is 6.21. The SMILES string of the molecule is CCCS(=O)(=O)Nc1ccc(S(=O)(=O)NCCN)cc1F. The molecule has 21 heavy (non-hydrogen) atoms. The van der Waals surface area contributed by atoms with Crippen molar-refractivity contribution in [1.29, 1.82) is 0 Å². The monoisotopic (exact) mass is 339 g/mol. The van der Waals surface area contributed by atoms with Crippen LogP contribution in [0.1, 0.15) is 13.3 Å². The predicted molar refractivity (Wildman–Crippen MR) is 78.3 cm³/mol. The number of nitrogens with one attached hydrogen (secondary N) is 2. The molecule has 1 aromatic rings. The molecule has 0 atom stereocenters. The maximum atomic E-state index is 13.8. The number of hydrogen-bond acceptors (Lipinski definition) is 5. The number of anilines is 1. The van der Waals surface area contributed by atoms with Gasteiger partial charge in [-0.25, -0.2) is 25.9 Å². The first-order valence-corrected chi connectivity index (χ1v) is 9.35. The van der Waals surface area contributed by atoms with E-state index < -0.39 is 25.9 Å². The molecule has 0 amide bonds. The van der Waals surface area contributed by atoms with Crippen LogP contribution in [0.4, 0.5) is 10.1 Å². The topological polar surface area (TPSA) is 118 Å². The van der Waals surface area contributed by atoms with E-state index in [-0.39, 0.29) is 29.4 Å². The van der Waals surface area contributed by atoms with Crippen LogP contribution in [0.25, 0.3) is 0 Å². The summed E-state index contributed by atoms with van der Waals surface area (Å²) in [6.45, 7) is 1.81. The zero-order chi connectivity index (χ0) is 16.1. The Balaban J connectivity index is 3.01. The second kappa shape index (κ2) is 7.16. The molecular weight excluding hydrogens is 321 g/mol. The fourth-order valence-corrected chi connectivity index (χ4v) is 3.71. The summed E-state index contributed by atoms with van der Waals surface area (Å²) in [6.07, 6.45) is 0.381. The van der Waals surface area contributed by atoms with Crippen molar-refractivity contribution in [2.24, 2.45) is 5.73 Å².